The molecule has 0 atom stereocenters. The molecule has 12 heteroatoms. The first kappa shape index (κ1) is 13.0. The van der Waals surface area contributed by atoms with Gasteiger partial charge in [-0.1, -0.05) is 0 Å². The fourth-order valence-electron chi connectivity index (χ4n) is 1.14. The van der Waals surface area contributed by atoms with Gasteiger partial charge in [-0.25, -0.2) is 0 Å². The highest BCUT2D eigenvalue weighted by molar-refractivity contribution is 5.59. The summed E-state index contributed by atoms with van der Waals surface area (Å²) in [5.41, 5.74) is -2.00. The molecule has 1 heterocycles. The van der Waals surface area contributed by atoms with Gasteiger partial charge in [0.25, 0.3) is 6.47 Å². The van der Waals surface area contributed by atoms with Crippen LogP contribution in [0.5, 0.6) is 0 Å². The van der Waals surface area contributed by atoms with Crippen molar-refractivity contribution in [2.75, 3.05) is 0 Å². The van der Waals surface area contributed by atoms with Crippen LogP contribution in [0, 0.1) is 30.3 Å². The first-order valence-corrected chi connectivity index (χ1v) is 4.04. The Kier molecular flexibility index (Phi) is 3.51. The number of furan rings is 1. The number of carbonyl (C=O) groups is 1. The third-order valence-electron chi connectivity index (χ3n) is 1.75. The van der Waals surface area contributed by atoms with E-state index in [9.17, 15) is 35.1 Å². The van der Waals surface area contributed by atoms with Crippen molar-refractivity contribution in [1.29, 1.82) is 0 Å². The first-order valence-electron chi connectivity index (χ1n) is 4.04. The summed E-state index contributed by atoms with van der Waals surface area (Å²) in [6.07, 6.45) is 0. The van der Waals surface area contributed by atoms with E-state index in [-0.39, 0.29) is 6.47 Å². The fraction of sp³-hybridized carbons (Fsp3) is 0.167. The summed E-state index contributed by atoms with van der Waals surface area (Å²) in [5, 5.41) is 31.6. The van der Waals surface area contributed by atoms with Crippen LogP contribution in [0.15, 0.2) is 4.42 Å². The molecule has 0 spiro atoms. The van der Waals surface area contributed by atoms with Crippen LogP contribution in [0.4, 0.5) is 17.5 Å². The maximum Gasteiger partial charge on any atom is 0.517 e. The molecule has 0 aliphatic carbocycles. The molecule has 0 fully saturated rings. The van der Waals surface area contributed by atoms with Crippen molar-refractivity contribution in [3.05, 3.63) is 35.9 Å². The van der Waals surface area contributed by atoms with Crippen molar-refractivity contribution in [1.82, 2.24) is 0 Å². The number of hydrogen-bond donors (Lipinski definition) is 0. The summed E-state index contributed by atoms with van der Waals surface area (Å²) in [6, 6.07) is 0. The smallest absolute Gasteiger partial charge is 0.462 e. The predicted octanol–water partition coefficient (Wildman–Crippen LogP) is 0.677. The third-order valence-corrected chi connectivity index (χ3v) is 1.75. The van der Waals surface area contributed by atoms with Gasteiger partial charge in [0.05, 0.1) is 4.92 Å². The number of nitrogens with zero attached hydrogens (tertiary/aromatic N) is 3. The van der Waals surface area contributed by atoms with E-state index in [1.54, 1.807) is 0 Å². The lowest BCUT2D eigenvalue weighted by molar-refractivity contribution is -0.438. The zero-order valence-electron chi connectivity index (χ0n) is 8.30. The molecule has 0 aliphatic rings. The van der Waals surface area contributed by atoms with E-state index in [2.05, 4.69) is 9.15 Å². The standard InChI is InChI=1S/C6H3N3O9/c10-2-17-1-3-4(7(11)12)6(9(15)16)18-5(3)8(13)14/h2H,1H2. The second kappa shape index (κ2) is 4.86. The van der Waals surface area contributed by atoms with Crippen LogP contribution in [-0.4, -0.2) is 21.2 Å². The Morgan fingerprint density at radius 1 is 1.06 bits per heavy atom. The van der Waals surface area contributed by atoms with Gasteiger partial charge in [-0.05, 0) is 0 Å². The van der Waals surface area contributed by atoms with Gasteiger partial charge in [-0.15, -0.1) is 0 Å². The molecule has 12 nitrogen and oxygen atoms in total. The summed E-state index contributed by atoms with van der Waals surface area (Å²) in [6.45, 7) is -1.00. The van der Waals surface area contributed by atoms with E-state index in [4.69, 9.17) is 0 Å². The van der Waals surface area contributed by atoms with E-state index >= 15 is 0 Å². The molecule has 0 amide bonds. The van der Waals surface area contributed by atoms with Crippen molar-refractivity contribution < 1.29 is 28.7 Å². The maximum atomic E-state index is 10.6. The molecule has 0 saturated carbocycles. The predicted molar refractivity (Wildman–Crippen MR) is 49.5 cm³/mol. The van der Waals surface area contributed by atoms with Gasteiger partial charge in [0.15, 0.2) is 5.56 Å². The van der Waals surface area contributed by atoms with Gasteiger partial charge >= 0.3 is 17.5 Å². The Hall–Kier alpha value is -3.05. The lowest BCUT2D eigenvalue weighted by Crippen LogP contribution is -1.99. The number of ether oxygens (including phenoxy) is 1. The Labute approximate surface area is 96.2 Å². The Morgan fingerprint density at radius 2 is 1.61 bits per heavy atom. The summed E-state index contributed by atoms with van der Waals surface area (Å²) in [4.78, 5) is 37.9. The Morgan fingerprint density at radius 3 is 2.00 bits per heavy atom. The quantitative estimate of drug-likeness (QED) is 0.405. The van der Waals surface area contributed by atoms with Gasteiger partial charge < -0.3 is 9.15 Å². The highest BCUT2D eigenvalue weighted by atomic mass is 16.7. The van der Waals surface area contributed by atoms with Crippen LogP contribution >= 0.6 is 0 Å². The Bertz CT molecular complexity index is 533. The molecule has 0 saturated heterocycles. The average Bonchev–Trinajstić information content (AvgIpc) is 2.65. The third kappa shape index (κ3) is 2.21. The van der Waals surface area contributed by atoms with Gasteiger partial charge in [0, 0.05) is 0 Å². The number of rotatable bonds is 6. The monoisotopic (exact) mass is 261 g/mol. The van der Waals surface area contributed by atoms with Crippen LogP contribution in [-0.2, 0) is 16.1 Å². The first-order chi connectivity index (χ1) is 8.40. The molecule has 0 aliphatic heterocycles. The molecule has 0 aromatic carbocycles. The van der Waals surface area contributed by atoms with E-state index in [0.717, 1.165) is 0 Å². The van der Waals surface area contributed by atoms with E-state index in [0.29, 0.717) is 0 Å². The van der Waals surface area contributed by atoms with E-state index in [1.807, 2.05) is 0 Å². The number of hydrogen-bond acceptors (Lipinski definition) is 9. The molecular formula is C6H3N3O9. The second-order valence-electron chi connectivity index (χ2n) is 2.72. The SMILES string of the molecule is O=COCc1c([N+](=O)[O-])oc([N+](=O)[O-])c1[N+](=O)[O-]. The Balaban J connectivity index is 3.49. The van der Waals surface area contributed by atoms with Crippen molar-refractivity contribution in [2.24, 2.45) is 0 Å². The highest BCUT2D eigenvalue weighted by Crippen LogP contribution is 2.40. The lowest BCUT2D eigenvalue weighted by Gasteiger charge is -1.93. The molecule has 96 valence electrons. The van der Waals surface area contributed by atoms with Crippen molar-refractivity contribution in [3.8, 4) is 0 Å². The van der Waals surface area contributed by atoms with Crippen molar-refractivity contribution in [3.63, 3.8) is 0 Å². The van der Waals surface area contributed by atoms with E-state index < -0.39 is 44.4 Å². The fourth-order valence-corrected chi connectivity index (χ4v) is 1.14. The van der Waals surface area contributed by atoms with Gasteiger partial charge in [0.2, 0.25) is 0 Å². The molecule has 0 bridgehead atoms. The minimum Gasteiger partial charge on any atom is -0.462 e. The van der Waals surface area contributed by atoms with Gasteiger partial charge in [-0.2, -0.15) is 0 Å². The highest BCUT2D eigenvalue weighted by Gasteiger charge is 2.43. The molecule has 0 N–H and O–H groups in total. The van der Waals surface area contributed by atoms with Crippen molar-refractivity contribution >= 4 is 23.9 Å². The average molecular weight is 261 g/mol. The summed E-state index contributed by atoms with van der Waals surface area (Å²) in [7, 11) is 0. The number of nitro groups is 3. The molecule has 0 unspecified atom stereocenters. The second-order valence-corrected chi connectivity index (χ2v) is 2.72. The molecule has 18 heavy (non-hydrogen) atoms. The molecule has 1 aromatic rings. The van der Waals surface area contributed by atoms with Crippen LogP contribution in [0.25, 0.3) is 0 Å². The van der Waals surface area contributed by atoms with Gasteiger partial charge in [-0.3, -0.25) is 35.1 Å². The zero-order chi connectivity index (χ0) is 13.9. The number of carbonyl (C=O) groups excluding carboxylic acids is 1. The lowest BCUT2D eigenvalue weighted by atomic mass is 10.3. The molecule has 0 radical (unpaired) electrons. The molecule has 1 rings (SSSR count). The van der Waals surface area contributed by atoms with Gasteiger partial charge in [0.1, 0.15) is 16.5 Å². The van der Waals surface area contributed by atoms with Crippen LogP contribution in [0.2, 0.25) is 0 Å². The maximum absolute atomic E-state index is 10.6. The summed E-state index contributed by atoms with van der Waals surface area (Å²) in [5.74, 6) is -2.61. The normalized spacial score (nSPS) is 9.78. The topological polar surface area (TPSA) is 169 Å². The minimum absolute atomic E-state index is 0.119. The minimum atomic E-state index is -1.39. The van der Waals surface area contributed by atoms with Crippen LogP contribution in [0.1, 0.15) is 5.56 Å². The molecule has 1 aromatic heterocycles. The van der Waals surface area contributed by atoms with Crippen LogP contribution in [0.3, 0.4) is 0 Å². The summed E-state index contributed by atoms with van der Waals surface area (Å²) < 4.78 is 8.31. The van der Waals surface area contributed by atoms with Crippen molar-refractivity contribution in [2.45, 2.75) is 6.61 Å². The van der Waals surface area contributed by atoms with E-state index in [1.165, 1.54) is 0 Å². The van der Waals surface area contributed by atoms with Crippen LogP contribution < -0.4 is 0 Å². The largest absolute Gasteiger partial charge is 0.517 e. The molecular weight excluding hydrogens is 258 g/mol. The zero-order valence-corrected chi connectivity index (χ0v) is 8.30. The summed E-state index contributed by atoms with van der Waals surface area (Å²) >= 11 is 0.